The zero-order valence-corrected chi connectivity index (χ0v) is 10.2. The molecule has 0 rings (SSSR count). The van der Waals surface area contributed by atoms with Crippen molar-refractivity contribution in [2.75, 3.05) is 33.5 Å². The van der Waals surface area contributed by atoms with Crippen LogP contribution in [-0.2, 0) is 14.2 Å². The molecule has 92 valence electrons. The molecule has 0 aromatic heterocycles. The Bertz CT molecular complexity index is 131. The van der Waals surface area contributed by atoms with E-state index in [9.17, 15) is 0 Å². The first-order valence-electron chi connectivity index (χ1n) is 5.60. The van der Waals surface area contributed by atoms with Crippen LogP contribution in [0.3, 0.4) is 0 Å². The van der Waals surface area contributed by atoms with Gasteiger partial charge >= 0.3 is 0 Å². The smallest absolute Gasteiger partial charge is 0.0704 e. The van der Waals surface area contributed by atoms with Crippen LogP contribution in [0.2, 0.25) is 0 Å². The second kappa shape index (κ2) is 10.4. The van der Waals surface area contributed by atoms with Crippen LogP contribution >= 0.6 is 0 Å². The average molecular weight is 219 g/mol. The summed E-state index contributed by atoms with van der Waals surface area (Å²) in [5.74, 6) is 0. The van der Waals surface area contributed by atoms with Crippen LogP contribution in [0.15, 0.2) is 0 Å². The van der Waals surface area contributed by atoms with Gasteiger partial charge in [-0.25, -0.2) is 0 Å². The molecule has 15 heavy (non-hydrogen) atoms. The molecule has 2 atom stereocenters. The number of hydrogen-bond acceptors (Lipinski definition) is 4. The molecule has 0 aromatic carbocycles. The van der Waals surface area contributed by atoms with Gasteiger partial charge in [0.1, 0.15) is 0 Å². The fourth-order valence-corrected chi connectivity index (χ4v) is 1.31. The lowest BCUT2D eigenvalue weighted by atomic mass is 10.2. The van der Waals surface area contributed by atoms with Crippen molar-refractivity contribution in [1.82, 2.24) is 0 Å². The number of nitrogens with two attached hydrogens (primary N) is 1. The van der Waals surface area contributed by atoms with Gasteiger partial charge in [0.2, 0.25) is 0 Å². The number of rotatable bonds is 10. The molecule has 0 bridgehead atoms. The van der Waals surface area contributed by atoms with Crippen molar-refractivity contribution in [3.63, 3.8) is 0 Å². The molecule has 0 aliphatic rings. The van der Waals surface area contributed by atoms with Crippen LogP contribution in [0, 0.1) is 0 Å². The molecule has 0 saturated carbocycles. The van der Waals surface area contributed by atoms with E-state index in [-0.39, 0.29) is 12.1 Å². The summed E-state index contributed by atoms with van der Waals surface area (Å²) in [6, 6.07) is 0.197. The largest absolute Gasteiger partial charge is 0.385 e. The van der Waals surface area contributed by atoms with Gasteiger partial charge in [-0.15, -0.1) is 0 Å². The highest BCUT2D eigenvalue weighted by molar-refractivity contribution is 4.59. The lowest BCUT2D eigenvalue weighted by Crippen LogP contribution is -2.24. The summed E-state index contributed by atoms with van der Waals surface area (Å²) in [6.07, 6.45) is 2.04. The quantitative estimate of drug-likeness (QED) is 0.561. The van der Waals surface area contributed by atoms with Crippen LogP contribution < -0.4 is 5.73 Å². The Labute approximate surface area is 93.1 Å². The Hall–Kier alpha value is -0.160. The molecular formula is C11H25NO3. The minimum absolute atomic E-state index is 0.197. The molecule has 0 aromatic rings. The van der Waals surface area contributed by atoms with Crippen molar-refractivity contribution < 1.29 is 14.2 Å². The van der Waals surface area contributed by atoms with Gasteiger partial charge in [0, 0.05) is 26.4 Å². The van der Waals surface area contributed by atoms with Crippen molar-refractivity contribution in [3.05, 3.63) is 0 Å². The van der Waals surface area contributed by atoms with Crippen molar-refractivity contribution in [2.24, 2.45) is 5.73 Å². The van der Waals surface area contributed by atoms with Gasteiger partial charge in [0.25, 0.3) is 0 Å². The minimum Gasteiger partial charge on any atom is -0.385 e. The van der Waals surface area contributed by atoms with E-state index in [0.29, 0.717) is 13.2 Å². The Balaban J connectivity index is 3.09. The van der Waals surface area contributed by atoms with Crippen LogP contribution in [-0.4, -0.2) is 45.7 Å². The lowest BCUT2D eigenvalue weighted by Gasteiger charge is -2.15. The Kier molecular flexibility index (Phi) is 10.3. The molecule has 0 fully saturated rings. The SMILES string of the molecule is COCCCOCCOC(C)CC(C)N. The molecule has 0 aliphatic heterocycles. The Morgan fingerprint density at radius 2 is 1.80 bits per heavy atom. The number of methoxy groups -OCH3 is 1. The van der Waals surface area contributed by atoms with Crippen molar-refractivity contribution in [3.8, 4) is 0 Å². The molecule has 0 spiro atoms. The minimum atomic E-state index is 0.197. The summed E-state index contributed by atoms with van der Waals surface area (Å²) in [4.78, 5) is 0. The van der Waals surface area contributed by atoms with Crippen LogP contribution in [0.1, 0.15) is 26.7 Å². The average Bonchev–Trinajstić information content (AvgIpc) is 2.15. The normalized spacial score (nSPS) is 15.2. The predicted octanol–water partition coefficient (Wildman–Crippen LogP) is 1.18. The van der Waals surface area contributed by atoms with Crippen molar-refractivity contribution >= 4 is 0 Å². The van der Waals surface area contributed by atoms with E-state index < -0.39 is 0 Å². The van der Waals surface area contributed by atoms with E-state index in [1.54, 1.807) is 7.11 Å². The second-order valence-corrected chi connectivity index (χ2v) is 3.85. The summed E-state index contributed by atoms with van der Waals surface area (Å²) in [7, 11) is 1.69. The summed E-state index contributed by atoms with van der Waals surface area (Å²) in [5.41, 5.74) is 5.65. The fourth-order valence-electron chi connectivity index (χ4n) is 1.31. The van der Waals surface area contributed by atoms with Gasteiger partial charge in [-0.3, -0.25) is 0 Å². The Morgan fingerprint density at radius 1 is 1.07 bits per heavy atom. The zero-order chi connectivity index (χ0) is 11.5. The third-order valence-corrected chi connectivity index (χ3v) is 1.97. The van der Waals surface area contributed by atoms with E-state index in [1.165, 1.54) is 0 Å². The molecule has 0 amide bonds. The van der Waals surface area contributed by atoms with Crippen molar-refractivity contribution in [1.29, 1.82) is 0 Å². The second-order valence-electron chi connectivity index (χ2n) is 3.85. The zero-order valence-electron chi connectivity index (χ0n) is 10.2. The monoisotopic (exact) mass is 219 g/mol. The third-order valence-electron chi connectivity index (χ3n) is 1.97. The van der Waals surface area contributed by atoms with Gasteiger partial charge in [-0.1, -0.05) is 0 Å². The highest BCUT2D eigenvalue weighted by Gasteiger charge is 2.04. The van der Waals surface area contributed by atoms with Crippen LogP contribution in [0.4, 0.5) is 0 Å². The van der Waals surface area contributed by atoms with E-state index >= 15 is 0 Å². The Morgan fingerprint density at radius 3 is 2.40 bits per heavy atom. The molecule has 0 aliphatic carbocycles. The molecule has 0 saturated heterocycles. The molecule has 0 radical (unpaired) electrons. The first-order valence-corrected chi connectivity index (χ1v) is 5.60. The van der Waals surface area contributed by atoms with E-state index in [4.69, 9.17) is 19.9 Å². The lowest BCUT2D eigenvalue weighted by molar-refractivity contribution is 0.00387. The maximum atomic E-state index is 5.65. The fraction of sp³-hybridized carbons (Fsp3) is 1.00. The van der Waals surface area contributed by atoms with Gasteiger partial charge in [0.05, 0.1) is 19.3 Å². The van der Waals surface area contributed by atoms with E-state index in [2.05, 4.69) is 0 Å². The molecule has 2 unspecified atom stereocenters. The predicted molar refractivity (Wildman–Crippen MR) is 61.0 cm³/mol. The topological polar surface area (TPSA) is 53.7 Å². The first-order chi connectivity index (χ1) is 7.16. The van der Waals surface area contributed by atoms with Gasteiger partial charge in [-0.2, -0.15) is 0 Å². The van der Waals surface area contributed by atoms with Gasteiger partial charge < -0.3 is 19.9 Å². The first kappa shape index (κ1) is 14.8. The summed E-state index contributed by atoms with van der Waals surface area (Å²) < 4.78 is 15.8. The highest BCUT2D eigenvalue weighted by Crippen LogP contribution is 1.99. The van der Waals surface area contributed by atoms with Gasteiger partial charge in [-0.05, 0) is 26.7 Å². The van der Waals surface area contributed by atoms with E-state index in [0.717, 1.165) is 26.1 Å². The molecule has 2 N–H and O–H groups in total. The molecule has 4 heteroatoms. The third kappa shape index (κ3) is 11.8. The maximum Gasteiger partial charge on any atom is 0.0704 e. The molecule has 0 heterocycles. The van der Waals surface area contributed by atoms with Crippen molar-refractivity contribution in [2.45, 2.75) is 38.8 Å². The summed E-state index contributed by atoms with van der Waals surface area (Å²) in [6.45, 7) is 6.80. The van der Waals surface area contributed by atoms with Crippen LogP contribution in [0.5, 0.6) is 0 Å². The molecular weight excluding hydrogens is 194 g/mol. The maximum absolute atomic E-state index is 5.65. The number of hydrogen-bond donors (Lipinski definition) is 1. The molecule has 4 nitrogen and oxygen atoms in total. The highest BCUT2D eigenvalue weighted by atomic mass is 16.5. The van der Waals surface area contributed by atoms with Crippen LogP contribution in [0.25, 0.3) is 0 Å². The summed E-state index contributed by atoms with van der Waals surface area (Å²) >= 11 is 0. The standard InChI is InChI=1S/C11H25NO3/c1-10(12)9-11(2)15-8-7-14-6-4-5-13-3/h10-11H,4-9,12H2,1-3H3. The number of ether oxygens (including phenoxy) is 3. The van der Waals surface area contributed by atoms with E-state index in [1.807, 2.05) is 13.8 Å². The van der Waals surface area contributed by atoms with Gasteiger partial charge in [0.15, 0.2) is 0 Å². The summed E-state index contributed by atoms with van der Waals surface area (Å²) in [5, 5.41) is 0.